The molecular formula is C17H17ClN2. The molecule has 1 atom stereocenters. The molecule has 0 bridgehead atoms. The fourth-order valence-corrected chi connectivity index (χ4v) is 2.75. The van der Waals surface area contributed by atoms with Crippen LogP contribution in [0.5, 0.6) is 0 Å². The Labute approximate surface area is 125 Å². The molecule has 0 fully saturated rings. The molecule has 0 amide bonds. The van der Waals surface area contributed by atoms with Crippen LogP contribution in [0.25, 0.3) is 0 Å². The summed E-state index contributed by atoms with van der Waals surface area (Å²) in [5.41, 5.74) is 5.36. The van der Waals surface area contributed by atoms with Gasteiger partial charge in [0.1, 0.15) is 6.04 Å². The van der Waals surface area contributed by atoms with E-state index in [4.69, 9.17) is 11.6 Å². The molecule has 0 saturated carbocycles. The SMILES string of the molecule is Cc1cc(C)c(C(C#N)Nc2cccc(Cl)c2)c(C)c1. The van der Waals surface area contributed by atoms with E-state index < -0.39 is 0 Å². The van der Waals surface area contributed by atoms with Gasteiger partial charge in [-0.2, -0.15) is 5.26 Å². The number of rotatable bonds is 3. The lowest BCUT2D eigenvalue weighted by Gasteiger charge is -2.19. The quantitative estimate of drug-likeness (QED) is 0.866. The zero-order valence-electron chi connectivity index (χ0n) is 11.9. The van der Waals surface area contributed by atoms with E-state index in [0.717, 1.165) is 22.4 Å². The lowest BCUT2D eigenvalue weighted by molar-refractivity contribution is 0.962. The van der Waals surface area contributed by atoms with Gasteiger partial charge in [0, 0.05) is 10.7 Å². The predicted molar refractivity (Wildman–Crippen MR) is 84.1 cm³/mol. The van der Waals surface area contributed by atoms with Crippen molar-refractivity contribution in [2.45, 2.75) is 26.8 Å². The Morgan fingerprint density at radius 3 is 2.30 bits per heavy atom. The minimum atomic E-state index is -0.380. The molecule has 3 heteroatoms. The average molecular weight is 285 g/mol. The maximum atomic E-state index is 9.48. The van der Waals surface area contributed by atoms with E-state index in [2.05, 4.69) is 30.4 Å². The molecule has 102 valence electrons. The first kappa shape index (κ1) is 14.4. The van der Waals surface area contributed by atoms with E-state index in [1.807, 2.05) is 38.1 Å². The van der Waals surface area contributed by atoms with Gasteiger partial charge in [-0.15, -0.1) is 0 Å². The molecule has 0 aliphatic rings. The van der Waals surface area contributed by atoms with Crippen molar-refractivity contribution < 1.29 is 0 Å². The summed E-state index contributed by atoms with van der Waals surface area (Å²) >= 11 is 5.98. The Kier molecular flexibility index (Phi) is 4.32. The zero-order chi connectivity index (χ0) is 14.7. The standard InChI is InChI=1S/C17H17ClN2/c1-11-7-12(2)17(13(3)8-11)16(10-19)20-15-6-4-5-14(18)9-15/h4-9,16,20H,1-3H3. The Morgan fingerprint density at radius 2 is 1.75 bits per heavy atom. The van der Waals surface area contributed by atoms with Gasteiger partial charge in [-0.25, -0.2) is 0 Å². The highest BCUT2D eigenvalue weighted by molar-refractivity contribution is 6.30. The highest BCUT2D eigenvalue weighted by Crippen LogP contribution is 2.27. The van der Waals surface area contributed by atoms with Gasteiger partial charge in [0.2, 0.25) is 0 Å². The van der Waals surface area contributed by atoms with E-state index >= 15 is 0 Å². The van der Waals surface area contributed by atoms with Crippen molar-refractivity contribution in [2.24, 2.45) is 0 Å². The monoisotopic (exact) mass is 284 g/mol. The minimum Gasteiger partial charge on any atom is -0.366 e. The molecule has 0 heterocycles. The number of nitriles is 1. The number of benzene rings is 2. The van der Waals surface area contributed by atoms with Crippen LogP contribution < -0.4 is 5.32 Å². The average Bonchev–Trinajstić information content (AvgIpc) is 2.36. The third kappa shape index (κ3) is 3.12. The largest absolute Gasteiger partial charge is 0.366 e. The number of nitrogens with zero attached hydrogens (tertiary/aromatic N) is 1. The molecule has 2 aromatic carbocycles. The summed E-state index contributed by atoms with van der Waals surface area (Å²) in [6, 6.07) is 13.6. The molecule has 0 saturated heterocycles. The Balaban J connectivity index is 2.37. The fraction of sp³-hybridized carbons (Fsp3) is 0.235. The molecule has 0 radical (unpaired) electrons. The maximum Gasteiger partial charge on any atom is 0.140 e. The Morgan fingerprint density at radius 1 is 1.10 bits per heavy atom. The molecule has 0 spiro atoms. The first-order chi connectivity index (χ1) is 9.51. The van der Waals surface area contributed by atoms with Gasteiger partial charge in [-0.3, -0.25) is 0 Å². The fourth-order valence-electron chi connectivity index (χ4n) is 2.56. The summed E-state index contributed by atoms with van der Waals surface area (Å²) in [7, 11) is 0. The third-order valence-corrected chi connectivity index (χ3v) is 3.53. The molecule has 0 aliphatic heterocycles. The van der Waals surface area contributed by atoms with Gasteiger partial charge in [0.25, 0.3) is 0 Å². The van der Waals surface area contributed by atoms with Crippen molar-refractivity contribution in [3.8, 4) is 6.07 Å². The summed E-state index contributed by atoms with van der Waals surface area (Å²) in [5, 5.41) is 13.4. The number of anilines is 1. The second-order valence-corrected chi connectivity index (χ2v) is 5.47. The number of nitrogens with one attached hydrogen (secondary N) is 1. The summed E-state index contributed by atoms with van der Waals surface area (Å²) in [6.07, 6.45) is 0. The minimum absolute atomic E-state index is 0.380. The van der Waals surface area contributed by atoms with Gasteiger partial charge in [0.15, 0.2) is 0 Å². The summed E-state index contributed by atoms with van der Waals surface area (Å²) in [5.74, 6) is 0. The van der Waals surface area contributed by atoms with Crippen molar-refractivity contribution in [3.63, 3.8) is 0 Å². The normalized spacial score (nSPS) is 11.8. The molecule has 0 aromatic heterocycles. The number of hydrogen-bond donors (Lipinski definition) is 1. The molecule has 2 aromatic rings. The van der Waals surface area contributed by atoms with Crippen LogP contribution in [-0.2, 0) is 0 Å². The first-order valence-electron chi connectivity index (χ1n) is 6.50. The Bertz CT molecular complexity index is 648. The van der Waals surface area contributed by atoms with Crippen LogP contribution in [0.4, 0.5) is 5.69 Å². The van der Waals surface area contributed by atoms with Gasteiger partial charge < -0.3 is 5.32 Å². The zero-order valence-corrected chi connectivity index (χ0v) is 12.6. The van der Waals surface area contributed by atoms with Crippen LogP contribution in [0.15, 0.2) is 36.4 Å². The maximum absolute atomic E-state index is 9.48. The van der Waals surface area contributed by atoms with Gasteiger partial charge in [-0.1, -0.05) is 35.4 Å². The van der Waals surface area contributed by atoms with Gasteiger partial charge in [-0.05, 0) is 55.7 Å². The van der Waals surface area contributed by atoms with Crippen molar-refractivity contribution in [3.05, 3.63) is 63.7 Å². The lowest BCUT2D eigenvalue weighted by atomic mass is 9.94. The van der Waals surface area contributed by atoms with E-state index in [0.29, 0.717) is 5.02 Å². The Hall–Kier alpha value is -1.98. The van der Waals surface area contributed by atoms with Gasteiger partial charge >= 0.3 is 0 Å². The van der Waals surface area contributed by atoms with Crippen molar-refractivity contribution in [1.29, 1.82) is 5.26 Å². The van der Waals surface area contributed by atoms with Crippen molar-refractivity contribution in [1.82, 2.24) is 0 Å². The third-order valence-electron chi connectivity index (χ3n) is 3.29. The van der Waals surface area contributed by atoms with Crippen molar-refractivity contribution >= 4 is 17.3 Å². The summed E-state index contributed by atoms with van der Waals surface area (Å²) < 4.78 is 0. The number of aryl methyl sites for hydroxylation is 3. The van der Waals surface area contributed by atoms with Gasteiger partial charge in [0.05, 0.1) is 6.07 Å². The number of hydrogen-bond acceptors (Lipinski definition) is 2. The first-order valence-corrected chi connectivity index (χ1v) is 6.88. The van der Waals surface area contributed by atoms with Crippen LogP contribution in [-0.4, -0.2) is 0 Å². The van der Waals surface area contributed by atoms with Crippen LogP contribution in [0.3, 0.4) is 0 Å². The summed E-state index contributed by atoms with van der Waals surface area (Å²) in [4.78, 5) is 0. The molecule has 1 N–H and O–H groups in total. The van der Waals surface area contributed by atoms with Crippen LogP contribution in [0.2, 0.25) is 5.02 Å². The molecule has 0 aliphatic carbocycles. The summed E-state index contributed by atoms with van der Waals surface area (Å²) in [6.45, 7) is 6.15. The second kappa shape index (κ2) is 5.98. The molecule has 20 heavy (non-hydrogen) atoms. The molecule has 1 unspecified atom stereocenters. The smallest absolute Gasteiger partial charge is 0.140 e. The molecule has 2 nitrogen and oxygen atoms in total. The molecular weight excluding hydrogens is 268 g/mol. The van der Waals surface area contributed by atoms with Crippen LogP contribution in [0.1, 0.15) is 28.3 Å². The van der Waals surface area contributed by atoms with E-state index in [1.54, 1.807) is 0 Å². The highest BCUT2D eigenvalue weighted by atomic mass is 35.5. The van der Waals surface area contributed by atoms with Crippen LogP contribution >= 0.6 is 11.6 Å². The second-order valence-electron chi connectivity index (χ2n) is 5.03. The van der Waals surface area contributed by atoms with Crippen molar-refractivity contribution in [2.75, 3.05) is 5.32 Å². The predicted octanol–water partition coefficient (Wildman–Crippen LogP) is 4.94. The van der Waals surface area contributed by atoms with E-state index in [1.165, 1.54) is 5.56 Å². The van der Waals surface area contributed by atoms with E-state index in [-0.39, 0.29) is 6.04 Å². The van der Waals surface area contributed by atoms with E-state index in [9.17, 15) is 5.26 Å². The topological polar surface area (TPSA) is 35.8 Å². The highest BCUT2D eigenvalue weighted by Gasteiger charge is 2.16. The lowest BCUT2D eigenvalue weighted by Crippen LogP contribution is -2.12. The number of halogens is 1. The molecule has 2 rings (SSSR count). The van der Waals surface area contributed by atoms with Crippen LogP contribution in [0, 0.1) is 32.1 Å².